The van der Waals surface area contributed by atoms with Gasteiger partial charge in [0, 0.05) is 30.9 Å². The van der Waals surface area contributed by atoms with Crippen molar-refractivity contribution in [3.8, 4) is 5.88 Å². The smallest absolute Gasteiger partial charge is 0.419 e. The first-order valence-electron chi connectivity index (χ1n) is 11.0. The Morgan fingerprint density at radius 3 is 2.59 bits per heavy atom. The molecule has 7 nitrogen and oxygen atoms in total. The van der Waals surface area contributed by atoms with Crippen LogP contribution in [0.3, 0.4) is 0 Å². The molecule has 0 aromatic carbocycles. The van der Waals surface area contributed by atoms with Gasteiger partial charge in [0.1, 0.15) is 17.2 Å². The van der Waals surface area contributed by atoms with Crippen LogP contribution in [0.2, 0.25) is 5.02 Å². The van der Waals surface area contributed by atoms with Gasteiger partial charge in [0.25, 0.3) is 5.91 Å². The number of aromatic nitrogens is 1. The average molecular weight is 518 g/mol. The Labute approximate surface area is 202 Å². The van der Waals surface area contributed by atoms with Crippen molar-refractivity contribution in [3.05, 3.63) is 21.5 Å². The normalized spacial score (nSPS) is 20.6. The highest BCUT2D eigenvalue weighted by Crippen LogP contribution is 2.52. The molecule has 3 fully saturated rings. The minimum absolute atomic E-state index is 0.0353. The fraction of sp³-hybridized carbons (Fsp3) is 0.591. The molecule has 0 bridgehead atoms. The summed E-state index contributed by atoms with van der Waals surface area (Å²) in [6.45, 7) is 2.97. The van der Waals surface area contributed by atoms with Gasteiger partial charge in [0.15, 0.2) is 0 Å². The number of thiophene rings is 1. The number of fused-ring (bicyclic) bond motifs is 1. The molecule has 0 radical (unpaired) electrons. The molecule has 3 aliphatic rings. The van der Waals surface area contributed by atoms with Crippen LogP contribution in [-0.4, -0.2) is 54.2 Å². The second-order valence-electron chi connectivity index (χ2n) is 9.44. The third kappa shape index (κ3) is 4.06. The summed E-state index contributed by atoms with van der Waals surface area (Å²) >= 11 is 6.88. The molecule has 34 heavy (non-hydrogen) atoms. The van der Waals surface area contributed by atoms with Crippen LogP contribution in [0.25, 0.3) is 10.2 Å². The van der Waals surface area contributed by atoms with Crippen LogP contribution < -0.4 is 10.1 Å². The number of likely N-dealkylation sites (tertiary alicyclic amines) is 1. The lowest BCUT2D eigenvalue weighted by Gasteiger charge is -2.57. The SMILES string of the molecule is CNC(=O)c1csc2c(C(F)(F)F)c(Cl)c(OC3CC4(C3)CN(C(=O)O[C@@H](C)C3CC3)C4)nc12. The molecular weight excluding hydrogens is 495 g/mol. The number of alkyl halides is 3. The van der Waals surface area contributed by atoms with Crippen LogP contribution in [0.15, 0.2) is 5.38 Å². The summed E-state index contributed by atoms with van der Waals surface area (Å²) in [5.41, 5.74) is -1.22. The van der Waals surface area contributed by atoms with E-state index in [2.05, 4.69) is 10.3 Å². The summed E-state index contributed by atoms with van der Waals surface area (Å²) in [7, 11) is 1.39. The van der Waals surface area contributed by atoms with Crippen molar-refractivity contribution in [2.75, 3.05) is 20.1 Å². The molecule has 2 aromatic heterocycles. The molecule has 3 heterocycles. The van der Waals surface area contributed by atoms with Crippen LogP contribution in [0.4, 0.5) is 18.0 Å². The molecule has 1 saturated heterocycles. The van der Waals surface area contributed by atoms with Gasteiger partial charge in [-0.15, -0.1) is 11.3 Å². The number of hydrogen-bond acceptors (Lipinski definition) is 6. The fourth-order valence-electron chi connectivity index (χ4n) is 4.82. The van der Waals surface area contributed by atoms with Gasteiger partial charge in [-0.05, 0) is 38.5 Å². The van der Waals surface area contributed by atoms with Crippen molar-refractivity contribution < 1.29 is 32.2 Å². The van der Waals surface area contributed by atoms with Gasteiger partial charge in [-0.2, -0.15) is 13.2 Å². The van der Waals surface area contributed by atoms with Gasteiger partial charge in [0.05, 0.1) is 21.3 Å². The summed E-state index contributed by atoms with van der Waals surface area (Å²) in [5, 5.41) is 3.12. The standard InChI is InChI=1S/C22H23ClF3N3O4S/c1-10(11-3-4-11)32-20(31)29-8-21(9-29)5-12(6-21)33-19-15(23)14(22(24,25)26)17-16(28-19)13(7-34-17)18(30)27-2/h7,10-12H,3-6,8-9H2,1-2H3,(H,27,30)/t10-/m0/s1. The van der Waals surface area contributed by atoms with E-state index < -0.39 is 22.7 Å². The first kappa shape index (κ1) is 23.5. The molecular formula is C22H23ClF3N3O4S. The van der Waals surface area contributed by atoms with E-state index in [9.17, 15) is 22.8 Å². The van der Waals surface area contributed by atoms with Crippen LogP contribution >= 0.6 is 22.9 Å². The van der Waals surface area contributed by atoms with Crippen LogP contribution in [0.1, 0.15) is 48.5 Å². The Balaban J connectivity index is 1.28. The average Bonchev–Trinajstić information content (AvgIpc) is 3.48. The predicted molar refractivity (Wildman–Crippen MR) is 119 cm³/mol. The number of nitrogens with zero attached hydrogens (tertiary/aromatic N) is 2. The molecule has 12 heteroatoms. The van der Waals surface area contributed by atoms with E-state index >= 15 is 0 Å². The van der Waals surface area contributed by atoms with Gasteiger partial charge in [-0.1, -0.05) is 11.6 Å². The van der Waals surface area contributed by atoms with E-state index in [0.717, 1.165) is 24.2 Å². The molecule has 1 N–H and O–H groups in total. The Bertz CT molecular complexity index is 1150. The third-order valence-electron chi connectivity index (χ3n) is 6.85. The van der Waals surface area contributed by atoms with Crippen LogP contribution in [0.5, 0.6) is 5.88 Å². The largest absolute Gasteiger partial charge is 0.473 e. The van der Waals surface area contributed by atoms with Crippen molar-refractivity contribution >= 4 is 45.2 Å². The number of hydrogen-bond donors (Lipinski definition) is 1. The van der Waals surface area contributed by atoms with E-state index in [-0.39, 0.29) is 45.4 Å². The zero-order valence-corrected chi connectivity index (χ0v) is 20.1. The van der Waals surface area contributed by atoms with Gasteiger partial charge in [-0.3, -0.25) is 4.79 Å². The molecule has 2 amide bonds. The quantitative estimate of drug-likeness (QED) is 0.596. The second-order valence-corrected chi connectivity index (χ2v) is 10.7. The molecule has 1 atom stereocenters. The third-order valence-corrected chi connectivity index (χ3v) is 8.19. The van der Waals surface area contributed by atoms with Gasteiger partial charge in [0.2, 0.25) is 5.88 Å². The lowest BCUT2D eigenvalue weighted by atomic mass is 9.62. The second kappa shape index (κ2) is 8.15. The summed E-state index contributed by atoms with van der Waals surface area (Å²) in [6.07, 6.45) is -2.21. The maximum Gasteiger partial charge on any atom is 0.419 e. The molecule has 2 saturated carbocycles. The molecule has 2 aromatic rings. The highest BCUT2D eigenvalue weighted by Gasteiger charge is 2.56. The summed E-state index contributed by atoms with van der Waals surface area (Å²) < 4.78 is 52.5. The number of nitrogens with one attached hydrogen (secondary N) is 1. The van der Waals surface area contributed by atoms with Crippen molar-refractivity contribution in [2.45, 2.75) is 51.0 Å². The number of rotatable bonds is 5. The minimum atomic E-state index is -4.74. The highest BCUT2D eigenvalue weighted by molar-refractivity contribution is 7.17. The lowest BCUT2D eigenvalue weighted by Crippen LogP contribution is -2.66. The molecule has 0 unspecified atom stereocenters. The number of pyridine rings is 1. The monoisotopic (exact) mass is 517 g/mol. The maximum absolute atomic E-state index is 13.8. The fourth-order valence-corrected chi connectivity index (χ4v) is 6.22. The van der Waals surface area contributed by atoms with Crippen molar-refractivity contribution in [1.29, 1.82) is 0 Å². The van der Waals surface area contributed by atoms with Crippen molar-refractivity contribution in [1.82, 2.24) is 15.2 Å². The topological polar surface area (TPSA) is 80.8 Å². The Hall–Kier alpha value is -2.27. The lowest BCUT2D eigenvalue weighted by molar-refractivity contribution is -0.136. The zero-order valence-electron chi connectivity index (χ0n) is 18.5. The van der Waals surface area contributed by atoms with Crippen LogP contribution in [0, 0.1) is 11.3 Å². The molecule has 184 valence electrons. The maximum atomic E-state index is 13.8. The number of carbonyl (C=O) groups is 2. The van der Waals surface area contributed by atoms with Gasteiger partial charge >= 0.3 is 12.3 Å². The number of ether oxygens (including phenoxy) is 2. The van der Waals surface area contributed by atoms with E-state index in [4.69, 9.17) is 21.1 Å². The molecule has 1 aliphatic heterocycles. The van der Waals surface area contributed by atoms with Crippen molar-refractivity contribution in [3.63, 3.8) is 0 Å². The molecule has 2 aliphatic carbocycles. The molecule has 5 rings (SSSR count). The van der Waals surface area contributed by atoms with Gasteiger partial charge < -0.3 is 19.7 Å². The number of amides is 2. The number of halogens is 4. The first-order valence-corrected chi connectivity index (χ1v) is 12.3. The number of carbonyl (C=O) groups excluding carboxylic acids is 2. The summed E-state index contributed by atoms with van der Waals surface area (Å²) in [5.74, 6) is -0.414. The first-order chi connectivity index (χ1) is 16.0. The van der Waals surface area contributed by atoms with E-state index in [1.54, 1.807) is 4.90 Å². The highest BCUT2D eigenvalue weighted by atomic mass is 35.5. The van der Waals surface area contributed by atoms with E-state index in [0.29, 0.717) is 31.8 Å². The van der Waals surface area contributed by atoms with Gasteiger partial charge in [-0.25, -0.2) is 9.78 Å². The summed E-state index contributed by atoms with van der Waals surface area (Å²) in [4.78, 5) is 30.2. The van der Waals surface area contributed by atoms with Crippen molar-refractivity contribution in [2.24, 2.45) is 11.3 Å². The molecule has 1 spiro atoms. The summed E-state index contributed by atoms with van der Waals surface area (Å²) in [6, 6.07) is 0. The minimum Gasteiger partial charge on any atom is -0.473 e. The predicted octanol–water partition coefficient (Wildman–Crippen LogP) is 5.11. The Kier molecular flexibility index (Phi) is 5.63. The Morgan fingerprint density at radius 1 is 1.32 bits per heavy atom. The van der Waals surface area contributed by atoms with E-state index in [1.165, 1.54) is 12.4 Å². The van der Waals surface area contributed by atoms with E-state index in [1.807, 2.05) is 6.92 Å². The van der Waals surface area contributed by atoms with Crippen LogP contribution in [-0.2, 0) is 10.9 Å². The Morgan fingerprint density at radius 2 is 2.00 bits per heavy atom. The zero-order chi connectivity index (χ0) is 24.4.